The van der Waals surface area contributed by atoms with Crippen LogP contribution in [0, 0.1) is 13.8 Å². The summed E-state index contributed by atoms with van der Waals surface area (Å²) in [4.78, 5) is 13.8. The lowest BCUT2D eigenvalue weighted by Crippen LogP contribution is -2.23. The van der Waals surface area contributed by atoms with E-state index in [1.165, 1.54) is 4.90 Å². The first-order valence-corrected chi connectivity index (χ1v) is 6.95. The van der Waals surface area contributed by atoms with Crippen LogP contribution in [-0.4, -0.2) is 34.7 Å². The van der Waals surface area contributed by atoms with Gasteiger partial charge in [-0.1, -0.05) is 0 Å². The topological polar surface area (TPSA) is 64.2 Å². The minimum Gasteiger partial charge on any atom is -0.399 e. The average molecular weight is 337 g/mol. The zero-order valence-electron chi connectivity index (χ0n) is 11.9. The molecule has 0 aliphatic carbocycles. The van der Waals surface area contributed by atoms with E-state index in [1.807, 2.05) is 13.8 Å². The molecule has 1 aromatic carbocycles. The van der Waals surface area contributed by atoms with Gasteiger partial charge in [0, 0.05) is 19.8 Å². The third-order valence-electron chi connectivity index (χ3n) is 3.09. The molecule has 0 radical (unpaired) electrons. The molecule has 106 valence electrons. The average Bonchev–Trinajstić information content (AvgIpc) is 2.65. The van der Waals surface area contributed by atoms with E-state index in [0.29, 0.717) is 16.9 Å². The van der Waals surface area contributed by atoms with Gasteiger partial charge >= 0.3 is 0 Å². The molecule has 6 heteroatoms. The van der Waals surface area contributed by atoms with Crippen molar-refractivity contribution >= 4 is 27.5 Å². The molecule has 0 fully saturated rings. The Balaban J connectivity index is 2.69. The van der Waals surface area contributed by atoms with E-state index in [9.17, 15) is 4.79 Å². The second kappa shape index (κ2) is 5.28. The number of aromatic nitrogens is 2. The van der Waals surface area contributed by atoms with Crippen LogP contribution in [0.1, 0.15) is 21.7 Å². The summed E-state index contributed by atoms with van der Waals surface area (Å²) in [6.07, 6.45) is 0. The summed E-state index contributed by atoms with van der Waals surface area (Å²) >= 11 is 3.50. The van der Waals surface area contributed by atoms with Crippen molar-refractivity contribution in [2.24, 2.45) is 0 Å². The first-order valence-electron chi connectivity index (χ1n) is 6.16. The number of anilines is 1. The van der Waals surface area contributed by atoms with Crippen molar-refractivity contribution in [1.82, 2.24) is 14.7 Å². The number of aryl methyl sites for hydroxylation is 1. The predicted octanol–water partition coefficient (Wildman–Crippen LogP) is 2.54. The number of rotatable bonds is 2. The van der Waals surface area contributed by atoms with Gasteiger partial charge in [-0.05, 0) is 48.0 Å². The Morgan fingerprint density at radius 1 is 1.35 bits per heavy atom. The number of carbonyl (C=O) groups excluding carboxylic acids is 1. The van der Waals surface area contributed by atoms with Crippen LogP contribution in [0.3, 0.4) is 0 Å². The molecular formula is C14H17BrN4O. The summed E-state index contributed by atoms with van der Waals surface area (Å²) in [5, 5.41) is 4.47. The van der Waals surface area contributed by atoms with Crippen LogP contribution in [-0.2, 0) is 0 Å². The van der Waals surface area contributed by atoms with Crippen LogP contribution in [0.2, 0.25) is 0 Å². The molecule has 20 heavy (non-hydrogen) atoms. The Morgan fingerprint density at radius 3 is 2.50 bits per heavy atom. The van der Waals surface area contributed by atoms with E-state index in [-0.39, 0.29) is 5.91 Å². The third-order valence-corrected chi connectivity index (χ3v) is 4.24. The molecule has 1 heterocycles. The van der Waals surface area contributed by atoms with Crippen LogP contribution in [0.5, 0.6) is 0 Å². The standard InChI is InChI=1S/C14H17BrN4O/c1-8-13(15)9(2)19(17-8)12-7-10(16)5-6-11(12)14(20)18(3)4/h5-7H,16H2,1-4H3. The maximum Gasteiger partial charge on any atom is 0.255 e. The van der Waals surface area contributed by atoms with E-state index in [1.54, 1.807) is 37.0 Å². The lowest BCUT2D eigenvalue weighted by molar-refractivity contribution is 0.0827. The maximum absolute atomic E-state index is 12.3. The lowest BCUT2D eigenvalue weighted by atomic mass is 10.1. The summed E-state index contributed by atoms with van der Waals surface area (Å²) in [5.74, 6) is -0.0799. The molecule has 0 bridgehead atoms. The Bertz CT molecular complexity index is 676. The molecule has 0 atom stereocenters. The highest BCUT2D eigenvalue weighted by Gasteiger charge is 2.18. The number of benzene rings is 1. The van der Waals surface area contributed by atoms with Crippen molar-refractivity contribution in [2.45, 2.75) is 13.8 Å². The van der Waals surface area contributed by atoms with E-state index < -0.39 is 0 Å². The van der Waals surface area contributed by atoms with Gasteiger partial charge in [0.1, 0.15) is 0 Å². The number of hydrogen-bond acceptors (Lipinski definition) is 3. The first-order chi connectivity index (χ1) is 9.32. The van der Waals surface area contributed by atoms with Crippen LogP contribution in [0.15, 0.2) is 22.7 Å². The molecule has 0 spiro atoms. The second-order valence-electron chi connectivity index (χ2n) is 4.87. The van der Waals surface area contributed by atoms with Gasteiger partial charge in [0.15, 0.2) is 0 Å². The van der Waals surface area contributed by atoms with Crippen LogP contribution in [0.4, 0.5) is 5.69 Å². The zero-order chi connectivity index (χ0) is 15.0. The van der Waals surface area contributed by atoms with Crippen LogP contribution in [0.25, 0.3) is 5.69 Å². The monoisotopic (exact) mass is 336 g/mol. The fourth-order valence-corrected chi connectivity index (χ4v) is 2.25. The van der Waals surface area contributed by atoms with Gasteiger partial charge in [0.05, 0.1) is 27.1 Å². The fraction of sp³-hybridized carbons (Fsp3) is 0.286. The van der Waals surface area contributed by atoms with Crippen molar-refractivity contribution in [2.75, 3.05) is 19.8 Å². The number of hydrogen-bond donors (Lipinski definition) is 1. The van der Waals surface area contributed by atoms with Gasteiger partial charge in [0.2, 0.25) is 0 Å². The molecule has 1 aromatic heterocycles. The molecule has 0 aliphatic heterocycles. The minimum atomic E-state index is -0.0799. The fourth-order valence-electron chi connectivity index (χ4n) is 2.00. The van der Waals surface area contributed by atoms with Gasteiger partial charge in [0.25, 0.3) is 5.91 Å². The molecule has 2 rings (SSSR count). The molecule has 0 saturated heterocycles. The highest BCUT2D eigenvalue weighted by molar-refractivity contribution is 9.10. The summed E-state index contributed by atoms with van der Waals surface area (Å²) < 4.78 is 2.68. The normalized spacial score (nSPS) is 10.7. The maximum atomic E-state index is 12.3. The van der Waals surface area contributed by atoms with E-state index in [2.05, 4.69) is 21.0 Å². The van der Waals surface area contributed by atoms with Gasteiger partial charge in [-0.2, -0.15) is 5.10 Å². The van der Waals surface area contributed by atoms with Crippen molar-refractivity contribution in [1.29, 1.82) is 0 Å². The van der Waals surface area contributed by atoms with E-state index >= 15 is 0 Å². The minimum absolute atomic E-state index is 0.0799. The molecule has 0 unspecified atom stereocenters. The van der Waals surface area contributed by atoms with Crippen LogP contribution >= 0.6 is 15.9 Å². The highest BCUT2D eigenvalue weighted by atomic mass is 79.9. The Labute approximate surface area is 126 Å². The summed E-state index contributed by atoms with van der Waals surface area (Å²) in [6.45, 7) is 3.85. The van der Waals surface area contributed by atoms with E-state index in [4.69, 9.17) is 5.73 Å². The quantitative estimate of drug-likeness (QED) is 0.857. The summed E-state index contributed by atoms with van der Waals surface area (Å²) in [5.41, 5.74) is 9.52. The molecule has 2 N–H and O–H groups in total. The molecule has 1 amide bonds. The molecular weight excluding hydrogens is 320 g/mol. The number of nitrogens with zero attached hydrogens (tertiary/aromatic N) is 3. The summed E-state index contributed by atoms with van der Waals surface area (Å²) in [6, 6.07) is 5.22. The van der Waals surface area contributed by atoms with E-state index in [0.717, 1.165) is 15.9 Å². The molecule has 0 aliphatic rings. The smallest absolute Gasteiger partial charge is 0.255 e. The summed E-state index contributed by atoms with van der Waals surface area (Å²) in [7, 11) is 3.44. The van der Waals surface area contributed by atoms with Crippen molar-refractivity contribution < 1.29 is 4.79 Å². The Hall–Kier alpha value is -1.82. The lowest BCUT2D eigenvalue weighted by Gasteiger charge is -2.15. The number of carbonyl (C=O) groups is 1. The third kappa shape index (κ3) is 2.43. The Morgan fingerprint density at radius 2 is 2.00 bits per heavy atom. The largest absolute Gasteiger partial charge is 0.399 e. The van der Waals surface area contributed by atoms with Crippen molar-refractivity contribution in [3.8, 4) is 5.69 Å². The number of halogens is 1. The highest BCUT2D eigenvalue weighted by Crippen LogP contribution is 2.26. The first kappa shape index (κ1) is 14.6. The molecule has 2 aromatic rings. The van der Waals surface area contributed by atoms with Crippen LogP contribution < -0.4 is 5.73 Å². The number of nitrogen functional groups attached to an aromatic ring is 1. The predicted molar refractivity (Wildman–Crippen MR) is 83.2 cm³/mol. The number of amides is 1. The van der Waals surface area contributed by atoms with Crippen molar-refractivity contribution in [3.63, 3.8) is 0 Å². The van der Waals surface area contributed by atoms with Gasteiger partial charge < -0.3 is 10.6 Å². The molecule has 0 saturated carbocycles. The number of nitrogens with two attached hydrogens (primary N) is 1. The Kier molecular flexibility index (Phi) is 3.85. The van der Waals surface area contributed by atoms with Gasteiger partial charge in [-0.3, -0.25) is 4.79 Å². The van der Waals surface area contributed by atoms with Gasteiger partial charge in [-0.15, -0.1) is 0 Å². The second-order valence-corrected chi connectivity index (χ2v) is 5.67. The zero-order valence-corrected chi connectivity index (χ0v) is 13.5. The molecule has 5 nitrogen and oxygen atoms in total. The van der Waals surface area contributed by atoms with Crippen molar-refractivity contribution in [3.05, 3.63) is 39.6 Å². The SMILES string of the molecule is Cc1nn(-c2cc(N)ccc2C(=O)N(C)C)c(C)c1Br. The van der Waals surface area contributed by atoms with Gasteiger partial charge in [-0.25, -0.2) is 4.68 Å².